The van der Waals surface area contributed by atoms with Gasteiger partial charge in [0.05, 0.1) is 5.60 Å². The Balaban J connectivity index is 2.49. The summed E-state index contributed by atoms with van der Waals surface area (Å²) in [7, 11) is 0. The lowest BCUT2D eigenvalue weighted by Crippen LogP contribution is -2.33. The molecule has 0 amide bonds. The summed E-state index contributed by atoms with van der Waals surface area (Å²) >= 11 is 0. The Morgan fingerprint density at radius 1 is 1.53 bits per heavy atom. The molecule has 1 heterocycles. The largest absolute Gasteiger partial charge is 0.388 e. The van der Waals surface area contributed by atoms with E-state index in [4.69, 9.17) is 0 Å². The van der Waals surface area contributed by atoms with Crippen LogP contribution >= 0.6 is 0 Å². The van der Waals surface area contributed by atoms with Crippen LogP contribution in [0.3, 0.4) is 0 Å². The highest BCUT2D eigenvalue weighted by Crippen LogP contribution is 2.13. The van der Waals surface area contributed by atoms with Crippen LogP contribution in [0, 0.1) is 0 Å². The summed E-state index contributed by atoms with van der Waals surface area (Å²) in [6, 6.07) is 0. The van der Waals surface area contributed by atoms with E-state index in [-0.39, 0.29) is 0 Å². The molecule has 0 saturated heterocycles. The van der Waals surface area contributed by atoms with Gasteiger partial charge >= 0.3 is 0 Å². The maximum atomic E-state index is 9.98. The van der Waals surface area contributed by atoms with Crippen molar-refractivity contribution < 1.29 is 5.11 Å². The minimum Gasteiger partial charge on any atom is -0.388 e. The van der Waals surface area contributed by atoms with Gasteiger partial charge < -0.3 is 15.0 Å². The molecule has 2 N–H and O–H groups in total. The average molecular weight is 211 g/mol. The number of hydrogen-bond donors (Lipinski definition) is 2. The molecule has 15 heavy (non-hydrogen) atoms. The lowest BCUT2D eigenvalue weighted by atomic mass is 10.0. The molecule has 0 aromatic carbocycles. The molecule has 4 nitrogen and oxygen atoms in total. The van der Waals surface area contributed by atoms with Gasteiger partial charge in [-0.15, -0.1) is 0 Å². The first-order chi connectivity index (χ1) is 7.09. The molecular formula is C11H21N3O. The van der Waals surface area contributed by atoms with Crippen molar-refractivity contribution in [3.63, 3.8) is 0 Å². The first-order valence-corrected chi connectivity index (χ1v) is 5.56. The maximum Gasteiger partial charge on any atom is 0.202 e. The van der Waals surface area contributed by atoms with Crippen LogP contribution in [0.25, 0.3) is 0 Å². The highest BCUT2D eigenvalue weighted by molar-refractivity contribution is 5.26. The number of rotatable bonds is 6. The molecule has 0 radical (unpaired) electrons. The van der Waals surface area contributed by atoms with E-state index >= 15 is 0 Å². The second-order valence-electron chi connectivity index (χ2n) is 4.14. The van der Waals surface area contributed by atoms with Crippen LogP contribution < -0.4 is 5.32 Å². The molecular weight excluding hydrogens is 190 g/mol. The number of aryl methyl sites for hydroxylation is 1. The molecule has 1 aromatic rings. The molecule has 0 bridgehead atoms. The fourth-order valence-corrected chi connectivity index (χ4v) is 1.63. The lowest BCUT2D eigenvalue weighted by Gasteiger charge is -2.23. The molecule has 0 aliphatic rings. The van der Waals surface area contributed by atoms with Crippen molar-refractivity contribution in [2.24, 2.45) is 0 Å². The molecule has 4 heteroatoms. The number of imidazole rings is 1. The molecule has 0 spiro atoms. The smallest absolute Gasteiger partial charge is 0.202 e. The van der Waals surface area contributed by atoms with Crippen LogP contribution in [0.2, 0.25) is 0 Å². The zero-order valence-electron chi connectivity index (χ0n) is 9.82. The highest BCUT2D eigenvalue weighted by Gasteiger charge is 2.19. The summed E-state index contributed by atoms with van der Waals surface area (Å²) in [4.78, 5) is 4.19. The third-order valence-corrected chi connectivity index (χ3v) is 2.47. The quantitative estimate of drug-likeness (QED) is 0.755. The zero-order chi connectivity index (χ0) is 11.3. The van der Waals surface area contributed by atoms with E-state index in [9.17, 15) is 5.11 Å². The average Bonchev–Trinajstić information content (AvgIpc) is 2.62. The molecule has 0 aliphatic carbocycles. The van der Waals surface area contributed by atoms with Gasteiger partial charge in [0.15, 0.2) is 0 Å². The summed E-state index contributed by atoms with van der Waals surface area (Å²) in [5.74, 6) is 0.828. The van der Waals surface area contributed by atoms with Crippen LogP contribution in [-0.2, 0) is 6.54 Å². The standard InChI is InChI=1S/C11H21N3O/c1-4-6-11(3,15)9-13-10-12-7-8-14(10)5-2/h7-8,15H,4-6,9H2,1-3H3,(H,12,13). The highest BCUT2D eigenvalue weighted by atomic mass is 16.3. The normalized spacial score (nSPS) is 14.9. The van der Waals surface area contributed by atoms with Gasteiger partial charge in [-0.05, 0) is 20.3 Å². The Kier molecular flexibility index (Phi) is 4.15. The third kappa shape index (κ3) is 3.55. The fraction of sp³-hybridized carbons (Fsp3) is 0.727. The molecule has 1 unspecified atom stereocenters. The van der Waals surface area contributed by atoms with Crippen molar-refractivity contribution in [1.82, 2.24) is 9.55 Å². The van der Waals surface area contributed by atoms with Crippen LogP contribution in [-0.4, -0.2) is 26.8 Å². The van der Waals surface area contributed by atoms with Crippen molar-refractivity contribution in [3.8, 4) is 0 Å². The summed E-state index contributed by atoms with van der Waals surface area (Å²) in [5, 5.41) is 13.1. The number of nitrogens with one attached hydrogen (secondary N) is 1. The summed E-state index contributed by atoms with van der Waals surface area (Å²) < 4.78 is 2.02. The van der Waals surface area contributed by atoms with Crippen molar-refractivity contribution >= 4 is 5.95 Å². The first kappa shape index (κ1) is 12.0. The number of anilines is 1. The molecule has 86 valence electrons. The van der Waals surface area contributed by atoms with Gasteiger partial charge in [0.25, 0.3) is 0 Å². The predicted molar refractivity (Wildman–Crippen MR) is 61.9 cm³/mol. The van der Waals surface area contributed by atoms with Crippen LogP contribution in [0.15, 0.2) is 12.4 Å². The Hall–Kier alpha value is -1.03. The Morgan fingerprint density at radius 2 is 2.27 bits per heavy atom. The van der Waals surface area contributed by atoms with Gasteiger partial charge in [0.2, 0.25) is 5.95 Å². The van der Waals surface area contributed by atoms with E-state index in [1.54, 1.807) is 6.20 Å². The molecule has 1 rings (SSSR count). The van der Waals surface area contributed by atoms with Gasteiger partial charge in [-0.3, -0.25) is 0 Å². The van der Waals surface area contributed by atoms with E-state index in [2.05, 4.69) is 24.1 Å². The van der Waals surface area contributed by atoms with Crippen molar-refractivity contribution in [2.75, 3.05) is 11.9 Å². The minimum atomic E-state index is -0.654. The lowest BCUT2D eigenvalue weighted by molar-refractivity contribution is 0.0634. The molecule has 0 saturated carbocycles. The molecule has 0 fully saturated rings. The van der Waals surface area contributed by atoms with Gasteiger partial charge in [0, 0.05) is 25.5 Å². The van der Waals surface area contributed by atoms with Crippen molar-refractivity contribution in [2.45, 2.75) is 45.8 Å². The van der Waals surface area contributed by atoms with E-state index in [1.807, 2.05) is 17.7 Å². The SMILES string of the molecule is CCCC(C)(O)CNc1nccn1CC. The van der Waals surface area contributed by atoms with E-state index in [0.29, 0.717) is 6.54 Å². The van der Waals surface area contributed by atoms with Gasteiger partial charge in [-0.2, -0.15) is 0 Å². The van der Waals surface area contributed by atoms with E-state index in [1.165, 1.54) is 0 Å². The van der Waals surface area contributed by atoms with Gasteiger partial charge in [0.1, 0.15) is 0 Å². The predicted octanol–water partition coefficient (Wildman–Crippen LogP) is 1.87. The molecule has 1 atom stereocenters. The van der Waals surface area contributed by atoms with Gasteiger partial charge in [-0.25, -0.2) is 4.98 Å². The summed E-state index contributed by atoms with van der Waals surface area (Å²) in [6.45, 7) is 7.41. The molecule has 1 aromatic heterocycles. The van der Waals surface area contributed by atoms with E-state index in [0.717, 1.165) is 25.3 Å². The fourth-order valence-electron chi connectivity index (χ4n) is 1.63. The number of aliphatic hydroxyl groups is 1. The van der Waals surface area contributed by atoms with Crippen LogP contribution in [0.5, 0.6) is 0 Å². The maximum absolute atomic E-state index is 9.98. The zero-order valence-corrected chi connectivity index (χ0v) is 9.82. The Morgan fingerprint density at radius 3 is 2.87 bits per heavy atom. The molecule has 0 aliphatic heterocycles. The number of aromatic nitrogens is 2. The third-order valence-electron chi connectivity index (χ3n) is 2.47. The topological polar surface area (TPSA) is 50.1 Å². The second-order valence-corrected chi connectivity index (χ2v) is 4.14. The van der Waals surface area contributed by atoms with Crippen LogP contribution in [0.4, 0.5) is 5.95 Å². The Bertz CT molecular complexity index is 294. The summed E-state index contributed by atoms with van der Waals surface area (Å²) in [6.07, 6.45) is 5.47. The van der Waals surface area contributed by atoms with Crippen molar-refractivity contribution in [3.05, 3.63) is 12.4 Å². The summed E-state index contributed by atoms with van der Waals surface area (Å²) in [5.41, 5.74) is -0.654. The van der Waals surface area contributed by atoms with E-state index < -0.39 is 5.60 Å². The van der Waals surface area contributed by atoms with Crippen LogP contribution in [0.1, 0.15) is 33.6 Å². The second kappa shape index (κ2) is 5.16. The number of hydrogen-bond acceptors (Lipinski definition) is 3. The Labute approximate surface area is 91.3 Å². The number of nitrogens with zero attached hydrogens (tertiary/aromatic N) is 2. The first-order valence-electron chi connectivity index (χ1n) is 5.56. The van der Waals surface area contributed by atoms with Crippen molar-refractivity contribution in [1.29, 1.82) is 0 Å². The monoisotopic (exact) mass is 211 g/mol. The minimum absolute atomic E-state index is 0.540. The van der Waals surface area contributed by atoms with Gasteiger partial charge in [-0.1, -0.05) is 13.3 Å².